The number of aliphatic imine (C=N–C) groups is 1. The van der Waals surface area contributed by atoms with Crippen molar-refractivity contribution in [2.45, 2.75) is 50.3 Å². The van der Waals surface area contributed by atoms with E-state index in [-0.39, 0.29) is 4.75 Å². The van der Waals surface area contributed by atoms with E-state index < -0.39 is 0 Å². The number of rotatable bonds is 7. The summed E-state index contributed by atoms with van der Waals surface area (Å²) in [4.78, 5) is 6.77. The minimum Gasteiger partial charge on any atom is -0.355 e. The standard InChI is InChI=1S/C15H32N4S/c1-15(2,20-5)12-18-14(16-3)17-10-11-19(4)13-8-6-7-9-13/h13H,6-12H2,1-5H3,(H2,16,17,18). The Morgan fingerprint density at radius 2 is 1.95 bits per heavy atom. The Morgan fingerprint density at radius 3 is 2.50 bits per heavy atom. The van der Waals surface area contributed by atoms with Gasteiger partial charge in [0.2, 0.25) is 0 Å². The number of thioether (sulfide) groups is 1. The van der Waals surface area contributed by atoms with Crippen molar-refractivity contribution in [1.29, 1.82) is 0 Å². The van der Waals surface area contributed by atoms with E-state index in [1.807, 2.05) is 18.8 Å². The molecule has 1 aliphatic carbocycles. The van der Waals surface area contributed by atoms with Crippen molar-refractivity contribution < 1.29 is 0 Å². The van der Waals surface area contributed by atoms with E-state index >= 15 is 0 Å². The lowest BCUT2D eigenvalue weighted by molar-refractivity contribution is 0.249. The van der Waals surface area contributed by atoms with Gasteiger partial charge < -0.3 is 15.5 Å². The van der Waals surface area contributed by atoms with Gasteiger partial charge in [0.05, 0.1) is 0 Å². The van der Waals surface area contributed by atoms with Crippen LogP contribution in [0.4, 0.5) is 0 Å². The first-order valence-corrected chi connectivity index (χ1v) is 8.91. The van der Waals surface area contributed by atoms with Crippen LogP contribution in [-0.4, -0.2) is 61.6 Å². The molecule has 0 unspecified atom stereocenters. The highest BCUT2D eigenvalue weighted by Crippen LogP contribution is 2.21. The molecule has 0 atom stereocenters. The molecular formula is C15H32N4S. The second-order valence-corrected chi connectivity index (χ2v) is 7.75. The third kappa shape index (κ3) is 6.35. The number of likely N-dealkylation sites (N-methyl/N-ethyl adjacent to an activating group) is 1. The maximum Gasteiger partial charge on any atom is 0.191 e. The van der Waals surface area contributed by atoms with Gasteiger partial charge in [-0.1, -0.05) is 12.8 Å². The van der Waals surface area contributed by atoms with Crippen molar-refractivity contribution >= 4 is 17.7 Å². The van der Waals surface area contributed by atoms with E-state index in [4.69, 9.17) is 0 Å². The maximum atomic E-state index is 4.29. The van der Waals surface area contributed by atoms with E-state index in [1.165, 1.54) is 25.7 Å². The van der Waals surface area contributed by atoms with Crippen LogP contribution in [0.25, 0.3) is 0 Å². The molecule has 0 aromatic heterocycles. The van der Waals surface area contributed by atoms with Crippen LogP contribution in [0.15, 0.2) is 4.99 Å². The fraction of sp³-hybridized carbons (Fsp3) is 0.933. The molecule has 0 aromatic carbocycles. The summed E-state index contributed by atoms with van der Waals surface area (Å²) in [5, 5.41) is 6.81. The van der Waals surface area contributed by atoms with E-state index in [0.717, 1.165) is 31.6 Å². The summed E-state index contributed by atoms with van der Waals surface area (Å²) in [6.07, 6.45) is 7.68. The van der Waals surface area contributed by atoms with Crippen molar-refractivity contribution in [2.75, 3.05) is 40.0 Å². The summed E-state index contributed by atoms with van der Waals surface area (Å²) in [5.41, 5.74) is 0. The van der Waals surface area contributed by atoms with Gasteiger partial charge in [-0.25, -0.2) is 0 Å². The van der Waals surface area contributed by atoms with Gasteiger partial charge >= 0.3 is 0 Å². The summed E-state index contributed by atoms with van der Waals surface area (Å²) >= 11 is 1.87. The van der Waals surface area contributed by atoms with Crippen LogP contribution in [-0.2, 0) is 0 Å². The van der Waals surface area contributed by atoms with Crippen LogP contribution >= 0.6 is 11.8 Å². The first-order valence-electron chi connectivity index (χ1n) is 7.68. The largest absolute Gasteiger partial charge is 0.355 e. The second kappa shape index (κ2) is 8.78. The Morgan fingerprint density at radius 1 is 1.30 bits per heavy atom. The average molecular weight is 301 g/mol. The number of nitrogens with zero attached hydrogens (tertiary/aromatic N) is 2. The third-order valence-corrected chi connectivity index (χ3v) is 5.41. The predicted molar refractivity (Wildman–Crippen MR) is 91.8 cm³/mol. The molecule has 0 saturated heterocycles. The second-order valence-electron chi connectivity index (χ2n) is 6.24. The third-order valence-electron chi connectivity index (χ3n) is 4.16. The molecule has 1 saturated carbocycles. The molecule has 2 N–H and O–H groups in total. The maximum absolute atomic E-state index is 4.29. The molecule has 0 spiro atoms. The molecule has 0 bridgehead atoms. The summed E-state index contributed by atoms with van der Waals surface area (Å²) in [7, 11) is 4.08. The highest BCUT2D eigenvalue weighted by atomic mass is 32.2. The Kier molecular flexibility index (Phi) is 7.74. The Balaban J connectivity index is 2.21. The van der Waals surface area contributed by atoms with Gasteiger partial charge in [0.15, 0.2) is 5.96 Å². The fourth-order valence-corrected chi connectivity index (χ4v) is 2.68. The molecule has 0 aliphatic heterocycles. The lowest BCUT2D eigenvalue weighted by atomic mass is 10.2. The Bertz CT molecular complexity index is 298. The van der Waals surface area contributed by atoms with Gasteiger partial charge in [0.1, 0.15) is 0 Å². The van der Waals surface area contributed by atoms with Crippen molar-refractivity contribution in [3.05, 3.63) is 0 Å². The highest BCUT2D eigenvalue weighted by molar-refractivity contribution is 7.99. The van der Waals surface area contributed by atoms with Gasteiger partial charge in [-0.05, 0) is 40.0 Å². The molecule has 5 heteroatoms. The van der Waals surface area contributed by atoms with Crippen molar-refractivity contribution in [3.63, 3.8) is 0 Å². The van der Waals surface area contributed by atoms with Crippen LogP contribution in [0.3, 0.4) is 0 Å². The highest BCUT2D eigenvalue weighted by Gasteiger charge is 2.19. The van der Waals surface area contributed by atoms with Crippen LogP contribution in [0.5, 0.6) is 0 Å². The number of hydrogen-bond donors (Lipinski definition) is 2. The molecule has 0 radical (unpaired) electrons. The number of guanidine groups is 1. The van der Waals surface area contributed by atoms with Crippen molar-refractivity contribution in [3.8, 4) is 0 Å². The molecule has 4 nitrogen and oxygen atoms in total. The predicted octanol–water partition coefficient (Wildman–Crippen LogP) is 2.17. The quantitative estimate of drug-likeness (QED) is 0.558. The minimum atomic E-state index is 0.234. The van der Waals surface area contributed by atoms with E-state index in [9.17, 15) is 0 Å². The molecule has 1 rings (SSSR count). The van der Waals surface area contributed by atoms with Crippen LogP contribution in [0.2, 0.25) is 0 Å². The Hall–Kier alpha value is -0.420. The van der Waals surface area contributed by atoms with E-state index in [2.05, 4.69) is 47.7 Å². The molecule has 118 valence electrons. The van der Waals surface area contributed by atoms with Gasteiger partial charge in [0.25, 0.3) is 0 Å². The van der Waals surface area contributed by atoms with Gasteiger partial charge in [-0.3, -0.25) is 4.99 Å². The minimum absolute atomic E-state index is 0.234. The first-order chi connectivity index (χ1) is 9.48. The monoisotopic (exact) mass is 300 g/mol. The summed E-state index contributed by atoms with van der Waals surface area (Å²) in [6.45, 7) is 7.44. The zero-order chi connectivity index (χ0) is 15.0. The summed E-state index contributed by atoms with van der Waals surface area (Å²) in [5.74, 6) is 0.909. The van der Waals surface area contributed by atoms with Gasteiger partial charge in [-0.15, -0.1) is 0 Å². The zero-order valence-electron chi connectivity index (χ0n) is 13.8. The normalized spacial score (nSPS) is 17.8. The molecule has 0 amide bonds. The molecular weight excluding hydrogens is 268 g/mol. The number of hydrogen-bond acceptors (Lipinski definition) is 3. The summed E-state index contributed by atoms with van der Waals surface area (Å²) in [6, 6.07) is 0.794. The molecule has 20 heavy (non-hydrogen) atoms. The van der Waals surface area contributed by atoms with Gasteiger partial charge in [-0.2, -0.15) is 11.8 Å². The molecule has 1 aliphatic rings. The van der Waals surface area contributed by atoms with Gasteiger partial charge in [0, 0.05) is 37.5 Å². The zero-order valence-corrected chi connectivity index (χ0v) is 14.6. The molecule has 1 fully saturated rings. The molecule has 0 aromatic rings. The number of nitrogens with one attached hydrogen (secondary N) is 2. The fourth-order valence-electron chi connectivity index (χ4n) is 2.47. The van der Waals surface area contributed by atoms with Crippen molar-refractivity contribution in [1.82, 2.24) is 15.5 Å². The SMILES string of the molecule is CN=C(NCCN(C)C1CCCC1)NCC(C)(C)SC. The van der Waals surface area contributed by atoms with Crippen LogP contribution < -0.4 is 10.6 Å². The Labute approximate surface area is 129 Å². The smallest absolute Gasteiger partial charge is 0.191 e. The van der Waals surface area contributed by atoms with Crippen molar-refractivity contribution in [2.24, 2.45) is 4.99 Å². The summed E-state index contributed by atoms with van der Waals surface area (Å²) < 4.78 is 0.234. The average Bonchev–Trinajstić information content (AvgIpc) is 2.96. The van der Waals surface area contributed by atoms with Crippen LogP contribution in [0, 0.1) is 0 Å². The van der Waals surface area contributed by atoms with E-state index in [0.29, 0.717) is 0 Å². The van der Waals surface area contributed by atoms with Crippen LogP contribution in [0.1, 0.15) is 39.5 Å². The van der Waals surface area contributed by atoms with E-state index in [1.54, 1.807) is 0 Å². The lowest BCUT2D eigenvalue weighted by Crippen LogP contribution is -2.45. The lowest BCUT2D eigenvalue weighted by Gasteiger charge is -2.26. The first kappa shape index (κ1) is 17.6. The molecule has 0 heterocycles. The topological polar surface area (TPSA) is 39.7 Å².